The Morgan fingerprint density at radius 3 is 2.88 bits per heavy atom. The number of benzene rings is 1. The molecule has 1 aromatic heterocycles. The Labute approximate surface area is 149 Å². The fraction of sp³-hybridized carbons (Fsp3) is 0.600. The van der Waals surface area contributed by atoms with E-state index in [1.165, 1.54) is 5.52 Å². The molecule has 0 spiro atoms. The number of nitrogens with zero attached hydrogens (tertiary/aromatic N) is 3. The molecule has 2 aliphatic rings. The maximum absolute atomic E-state index is 12.8. The number of rotatable bonds is 3. The van der Waals surface area contributed by atoms with Gasteiger partial charge in [0.25, 0.3) is 0 Å². The van der Waals surface area contributed by atoms with Crippen LogP contribution in [0.1, 0.15) is 50.9 Å². The number of fused-ring (bicyclic) bond motifs is 1. The lowest BCUT2D eigenvalue weighted by Gasteiger charge is -2.34. The van der Waals surface area contributed by atoms with Crippen molar-refractivity contribution in [3.8, 4) is 0 Å². The van der Waals surface area contributed by atoms with E-state index in [9.17, 15) is 4.79 Å². The second-order valence-corrected chi connectivity index (χ2v) is 7.74. The average molecular weight is 340 g/mol. The highest BCUT2D eigenvalue weighted by Crippen LogP contribution is 2.32. The highest BCUT2D eigenvalue weighted by Gasteiger charge is 2.33. The molecule has 25 heavy (non-hydrogen) atoms. The third-order valence-corrected chi connectivity index (χ3v) is 5.65. The molecule has 2 unspecified atom stereocenters. The molecule has 1 amide bonds. The highest BCUT2D eigenvalue weighted by atomic mass is 16.2. The van der Waals surface area contributed by atoms with Gasteiger partial charge in [-0.3, -0.25) is 4.79 Å². The van der Waals surface area contributed by atoms with Crippen molar-refractivity contribution in [1.29, 1.82) is 0 Å². The zero-order valence-corrected chi connectivity index (χ0v) is 15.2. The Balaban J connectivity index is 1.62. The molecule has 134 valence electrons. The molecule has 1 aromatic carbocycles. The summed E-state index contributed by atoms with van der Waals surface area (Å²) in [6.45, 7) is 7.95. The van der Waals surface area contributed by atoms with Crippen molar-refractivity contribution in [2.45, 2.75) is 45.1 Å². The van der Waals surface area contributed by atoms with Crippen LogP contribution in [0, 0.1) is 5.92 Å². The standard InChI is InChI=1S/C20H28N4O/c1-14(2)24-18-8-4-3-7-17(18)22-19(24)16-6-5-11-23(13-16)20(25)15-9-10-21-12-15/h3-4,7-8,14-16,21H,5-6,9-13H2,1-2H3. The lowest BCUT2D eigenvalue weighted by Crippen LogP contribution is -2.43. The van der Waals surface area contributed by atoms with Gasteiger partial charge in [-0.15, -0.1) is 0 Å². The van der Waals surface area contributed by atoms with E-state index in [0.29, 0.717) is 17.9 Å². The molecule has 5 nitrogen and oxygen atoms in total. The molecule has 2 aliphatic heterocycles. The molecule has 3 heterocycles. The van der Waals surface area contributed by atoms with Gasteiger partial charge >= 0.3 is 0 Å². The topological polar surface area (TPSA) is 50.2 Å². The van der Waals surface area contributed by atoms with Gasteiger partial charge in [-0.2, -0.15) is 0 Å². The predicted molar refractivity (Wildman–Crippen MR) is 99.6 cm³/mol. The summed E-state index contributed by atoms with van der Waals surface area (Å²) in [5, 5.41) is 3.31. The highest BCUT2D eigenvalue weighted by molar-refractivity contribution is 5.80. The lowest BCUT2D eigenvalue weighted by atomic mass is 9.95. The summed E-state index contributed by atoms with van der Waals surface area (Å²) in [5.41, 5.74) is 2.27. The zero-order chi connectivity index (χ0) is 17.4. The molecular formula is C20H28N4O. The van der Waals surface area contributed by atoms with Crippen LogP contribution in [-0.2, 0) is 4.79 Å². The molecule has 2 saturated heterocycles. The third-order valence-electron chi connectivity index (χ3n) is 5.65. The number of amides is 1. The van der Waals surface area contributed by atoms with Crippen LogP contribution in [0.15, 0.2) is 24.3 Å². The molecule has 0 radical (unpaired) electrons. The number of carbonyl (C=O) groups is 1. The number of carbonyl (C=O) groups excluding carboxylic acids is 1. The van der Waals surface area contributed by atoms with E-state index in [-0.39, 0.29) is 5.92 Å². The molecule has 4 rings (SSSR count). The van der Waals surface area contributed by atoms with Gasteiger partial charge in [-0.1, -0.05) is 12.1 Å². The molecule has 2 atom stereocenters. The number of nitrogens with one attached hydrogen (secondary N) is 1. The van der Waals surface area contributed by atoms with Crippen molar-refractivity contribution in [2.24, 2.45) is 5.92 Å². The van der Waals surface area contributed by atoms with Gasteiger partial charge in [0.15, 0.2) is 0 Å². The number of para-hydroxylation sites is 2. The number of hydrogen-bond donors (Lipinski definition) is 1. The van der Waals surface area contributed by atoms with Gasteiger partial charge in [0, 0.05) is 31.6 Å². The number of aromatic nitrogens is 2. The van der Waals surface area contributed by atoms with Crippen molar-refractivity contribution in [3.05, 3.63) is 30.1 Å². The molecule has 5 heteroatoms. The Kier molecular flexibility index (Phi) is 4.50. The summed E-state index contributed by atoms with van der Waals surface area (Å²) in [4.78, 5) is 19.9. The fourth-order valence-corrected chi connectivity index (χ4v) is 4.41. The molecule has 0 aliphatic carbocycles. The van der Waals surface area contributed by atoms with Crippen molar-refractivity contribution < 1.29 is 4.79 Å². The van der Waals surface area contributed by atoms with Crippen LogP contribution in [-0.4, -0.2) is 46.5 Å². The van der Waals surface area contributed by atoms with Crippen molar-refractivity contribution in [2.75, 3.05) is 26.2 Å². The smallest absolute Gasteiger partial charge is 0.227 e. The van der Waals surface area contributed by atoms with Gasteiger partial charge < -0.3 is 14.8 Å². The molecule has 2 aromatic rings. The average Bonchev–Trinajstić information content (AvgIpc) is 3.28. The minimum atomic E-state index is 0.169. The van der Waals surface area contributed by atoms with Gasteiger partial charge in [0.2, 0.25) is 5.91 Å². The van der Waals surface area contributed by atoms with Crippen LogP contribution in [0.4, 0.5) is 0 Å². The normalized spacial score (nSPS) is 24.4. The van der Waals surface area contributed by atoms with Crippen LogP contribution in [0.5, 0.6) is 0 Å². The summed E-state index contributed by atoms with van der Waals surface area (Å²) in [6, 6.07) is 8.74. The SMILES string of the molecule is CC(C)n1c(C2CCCN(C(=O)C3CCNC3)C2)nc2ccccc21. The van der Waals surface area contributed by atoms with Gasteiger partial charge in [-0.05, 0) is 51.8 Å². The van der Waals surface area contributed by atoms with Gasteiger partial charge in [-0.25, -0.2) is 4.98 Å². The molecule has 0 bridgehead atoms. The third kappa shape index (κ3) is 3.06. The quantitative estimate of drug-likeness (QED) is 0.935. The van der Waals surface area contributed by atoms with E-state index < -0.39 is 0 Å². The molecule has 2 fully saturated rings. The zero-order valence-electron chi connectivity index (χ0n) is 15.2. The Morgan fingerprint density at radius 1 is 1.28 bits per heavy atom. The van der Waals surface area contributed by atoms with Crippen LogP contribution >= 0.6 is 0 Å². The minimum absolute atomic E-state index is 0.169. The molecular weight excluding hydrogens is 312 g/mol. The minimum Gasteiger partial charge on any atom is -0.342 e. The van der Waals surface area contributed by atoms with E-state index >= 15 is 0 Å². The Hall–Kier alpha value is -1.88. The number of piperidine rings is 1. The van der Waals surface area contributed by atoms with Crippen molar-refractivity contribution >= 4 is 16.9 Å². The van der Waals surface area contributed by atoms with Crippen LogP contribution in [0.25, 0.3) is 11.0 Å². The van der Waals surface area contributed by atoms with Gasteiger partial charge in [0.1, 0.15) is 5.82 Å². The first-order valence-corrected chi connectivity index (χ1v) is 9.61. The molecule has 1 N–H and O–H groups in total. The first-order chi connectivity index (χ1) is 12.1. The second kappa shape index (κ2) is 6.79. The lowest BCUT2D eigenvalue weighted by molar-refractivity contribution is -0.136. The first-order valence-electron chi connectivity index (χ1n) is 9.61. The summed E-state index contributed by atoms with van der Waals surface area (Å²) in [6.07, 6.45) is 3.16. The van der Waals surface area contributed by atoms with E-state index in [2.05, 4.69) is 46.8 Å². The van der Waals surface area contributed by atoms with Crippen molar-refractivity contribution in [3.63, 3.8) is 0 Å². The van der Waals surface area contributed by atoms with E-state index in [0.717, 1.165) is 56.8 Å². The molecule has 0 saturated carbocycles. The Morgan fingerprint density at radius 2 is 2.12 bits per heavy atom. The maximum Gasteiger partial charge on any atom is 0.227 e. The van der Waals surface area contributed by atoms with Crippen LogP contribution in [0.3, 0.4) is 0 Å². The van der Waals surface area contributed by atoms with E-state index in [4.69, 9.17) is 4.98 Å². The van der Waals surface area contributed by atoms with Crippen LogP contribution in [0.2, 0.25) is 0 Å². The number of likely N-dealkylation sites (tertiary alicyclic amines) is 1. The monoisotopic (exact) mass is 340 g/mol. The number of hydrogen-bond acceptors (Lipinski definition) is 3. The summed E-state index contributed by atoms with van der Waals surface area (Å²) < 4.78 is 2.37. The van der Waals surface area contributed by atoms with Crippen LogP contribution < -0.4 is 5.32 Å². The fourth-order valence-electron chi connectivity index (χ4n) is 4.41. The number of imidazole rings is 1. The van der Waals surface area contributed by atoms with Crippen molar-refractivity contribution in [1.82, 2.24) is 19.8 Å². The maximum atomic E-state index is 12.8. The first kappa shape index (κ1) is 16.6. The summed E-state index contributed by atoms with van der Waals surface area (Å²) in [7, 11) is 0. The Bertz CT molecular complexity index is 760. The summed E-state index contributed by atoms with van der Waals surface area (Å²) in [5.74, 6) is 1.99. The van der Waals surface area contributed by atoms with E-state index in [1.54, 1.807) is 0 Å². The predicted octanol–water partition coefficient (Wildman–Crippen LogP) is 2.93. The van der Waals surface area contributed by atoms with Gasteiger partial charge in [0.05, 0.1) is 17.0 Å². The second-order valence-electron chi connectivity index (χ2n) is 7.74. The van der Waals surface area contributed by atoms with E-state index in [1.807, 2.05) is 6.07 Å². The largest absolute Gasteiger partial charge is 0.342 e. The summed E-state index contributed by atoms with van der Waals surface area (Å²) >= 11 is 0.